The lowest BCUT2D eigenvalue weighted by Gasteiger charge is -2.05. The third kappa shape index (κ3) is 3.09. The second-order valence-electron chi connectivity index (χ2n) is 3.73. The fourth-order valence-corrected chi connectivity index (χ4v) is 1.46. The van der Waals surface area contributed by atoms with Gasteiger partial charge in [-0.2, -0.15) is 0 Å². The van der Waals surface area contributed by atoms with Crippen molar-refractivity contribution in [2.75, 3.05) is 0 Å². The van der Waals surface area contributed by atoms with E-state index in [1.807, 2.05) is 24.3 Å². The number of nitrogens with zero attached hydrogens (tertiary/aromatic N) is 1. The summed E-state index contributed by atoms with van der Waals surface area (Å²) in [6, 6.07) is 5.83. The third-order valence-corrected chi connectivity index (χ3v) is 2.38. The van der Waals surface area contributed by atoms with Crippen LogP contribution in [0.5, 0.6) is 0 Å². The highest BCUT2D eigenvalue weighted by Crippen LogP contribution is 2.12. The van der Waals surface area contributed by atoms with Crippen molar-refractivity contribution in [1.82, 2.24) is 4.98 Å². The van der Waals surface area contributed by atoms with Gasteiger partial charge in [0.05, 0.1) is 5.69 Å². The topological polar surface area (TPSA) is 22.1 Å². The Hall–Kier alpha value is -1.83. The molecule has 2 rings (SSSR count). The summed E-state index contributed by atoms with van der Waals surface area (Å²) in [5.74, 6) is 0.916. The van der Waals surface area contributed by atoms with Crippen LogP contribution in [-0.4, -0.2) is 4.98 Å². The predicted molar refractivity (Wildman–Crippen MR) is 64.6 cm³/mol. The number of hydrogen-bond donors (Lipinski definition) is 0. The van der Waals surface area contributed by atoms with Crippen molar-refractivity contribution < 1.29 is 4.74 Å². The Morgan fingerprint density at radius 1 is 1.25 bits per heavy atom. The summed E-state index contributed by atoms with van der Waals surface area (Å²) in [7, 11) is 0. The maximum absolute atomic E-state index is 5.68. The molecule has 1 aromatic rings. The Morgan fingerprint density at radius 3 is 3.00 bits per heavy atom. The van der Waals surface area contributed by atoms with Gasteiger partial charge in [0.15, 0.2) is 0 Å². The van der Waals surface area contributed by atoms with Crippen LogP contribution in [0.2, 0.25) is 0 Å². The molecule has 0 spiro atoms. The molecule has 1 heterocycles. The summed E-state index contributed by atoms with van der Waals surface area (Å²) in [4.78, 5) is 4.21. The largest absolute Gasteiger partial charge is 0.488 e. The molecule has 1 aliphatic carbocycles. The lowest BCUT2D eigenvalue weighted by Crippen LogP contribution is -1.93. The molecule has 0 amide bonds. The van der Waals surface area contributed by atoms with E-state index in [9.17, 15) is 0 Å². The van der Waals surface area contributed by atoms with Crippen molar-refractivity contribution in [3.8, 4) is 0 Å². The predicted octanol–water partition coefficient (Wildman–Crippen LogP) is 3.39. The molecule has 0 saturated heterocycles. The minimum absolute atomic E-state index is 0.524. The standard InChI is InChI=1S/C14H15NO/c1-12-5-4-7-14(9-8-12)16-11-13-6-2-3-10-15-13/h2-3,5-10H,4,11H2,1H3. The highest BCUT2D eigenvalue weighted by atomic mass is 16.5. The summed E-state index contributed by atoms with van der Waals surface area (Å²) < 4.78 is 5.68. The maximum Gasteiger partial charge on any atom is 0.130 e. The smallest absolute Gasteiger partial charge is 0.130 e. The van der Waals surface area contributed by atoms with E-state index in [1.165, 1.54) is 5.57 Å². The first-order chi connectivity index (χ1) is 7.84. The van der Waals surface area contributed by atoms with Crippen molar-refractivity contribution in [2.45, 2.75) is 20.0 Å². The van der Waals surface area contributed by atoms with Crippen LogP contribution < -0.4 is 0 Å². The Morgan fingerprint density at radius 2 is 2.19 bits per heavy atom. The van der Waals surface area contributed by atoms with Gasteiger partial charge < -0.3 is 4.74 Å². The second kappa shape index (κ2) is 5.31. The van der Waals surface area contributed by atoms with Crippen LogP contribution >= 0.6 is 0 Å². The number of pyridine rings is 1. The van der Waals surface area contributed by atoms with Crippen molar-refractivity contribution in [1.29, 1.82) is 0 Å². The minimum atomic E-state index is 0.524. The highest BCUT2D eigenvalue weighted by Gasteiger charge is 1.98. The SMILES string of the molecule is CC1=CCC=C(OCc2ccccn2)C=C1. The van der Waals surface area contributed by atoms with E-state index in [0.717, 1.165) is 17.9 Å². The number of hydrogen-bond acceptors (Lipinski definition) is 2. The molecule has 0 saturated carbocycles. The monoisotopic (exact) mass is 213 g/mol. The number of rotatable bonds is 3. The minimum Gasteiger partial charge on any atom is -0.488 e. The second-order valence-corrected chi connectivity index (χ2v) is 3.73. The van der Waals surface area contributed by atoms with E-state index in [0.29, 0.717) is 6.61 Å². The first-order valence-corrected chi connectivity index (χ1v) is 5.42. The first-order valence-electron chi connectivity index (χ1n) is 5.42. The Kier molecular flexibility index (Phi) is 3.54. The molecule has 2 heteroatoms. The van der Waals surface area contributed by atoms with E-state index in [-0.39, 0.29) is 0 Å². The summed E-state index contributed by atoms with van der Waals surface area (Å²) in [6.45, 7) is 2.61. The Balaban J connectivity index is 1.92. The van der Waals surface area contributed by atoms with Gasteiger partial charge in [-0.1, -0.05) is 23.8 Å². The van der Waals surface area contributed by atoms with Gasteiger partial charge in [0.25, 0.3) is 0 Å². The van der Waals surface area contributed by atoms with Crippen LogP contribution in [0.25, 0.3) is 0 Å². The van der Waals surface area contributed by atoms with Gasteiger partial charge in [0.2, 0.25) is 0 Å². The van der Waals surface area contributed by atoms with E-state index in [1.54, 1.807) is 6.20 Å². The van der Waals surface area contributed by atoms with E-state index in [4.69, 9.17) is 4.74 Å². The van der Waals surface area contributed by atoms with Crippen molar-refractivity contribution in [3.63, 3.8) is 0 Å². The van der Waals surface area contributed by atoms with Gasteiger partial charge in [0, 0.05) is 6.20 Å². The van der Waals surface area contributed by atoms with E-state index >= 15 is 0 Å². The van der Waals surface area contributed by atoms with Crippen LogP contribution in [0.15, 0.2) is 60.0 Å². The van der Waals surface area contributed by atoms with Crippen LogP contribution in [0.4, 0.5) is 0 Å². The zero-order valence-electron chi connectivity index (χ0n) is 9.39. The summed E-state index contributed by atoms with van der Waals surface area (Å²) in [6.07, 6.45) is 11.0. The Labute approximate surface area is 96.0 Å². The number of allylic oxidation sites excluding steroid dienone is 5. The van der Waals surface area contributed by atoms with Crippen LogP contribution in [0.3, 0.4) is 0 Å². The van der Waals surface area contributed by atoms with Gasteiger partial charge in [-0.25, -0.2) is 0 Å². The van der Waals surface area contributed by atoms with Gasteiger partial charge in [-0.3, -0.25) is 4.98 Å². The summed E-state index contributed by atoms with van der Waals surface area (Å²) >= 11 is 0. The normalized spacial score (nSPS) is 15.1. The molecule has 16 heavy (non-hydrogen) atoms. The van der Waals surface area contributed by atoms with Gasteiger partial charge >= 0.3 is 0 Å². The fraction of sp³-hybridized carbons (Fsp3) is 0.214. The summed E-state index contributed by atoms with van der Waals surface area (Å²) in [5, 5.41) is 0. The van der Waals surface area contributed by atoms with Crippen LogP contribution in [-0.2, 0) is 11.3 Å². The molecule has 0 unspecified atom stereocenters. The number of aromatic nitrogens is 1. The Bertz CT molecular complexity index is 429. The molecule has 1 aromatic heterocycles. The molecule has 2 nitrogen and oxygen atoms in total. The molecular formula is C14H15NO. The lowest BCUT2D eigenvalue weighted by molar-refractivity contribution is 0.206. The van der Waals surface area contributed by atoms with Crippen molar-refractivity contribution >= 4 is 0 Å². The van der Waals surface area contributed by atoms with Crippen LogP contribution in [0, 0.1) is 0 Å². The first kappa shape index (κ1) is 10.7. The molecule has 1 aliphatic rings. The molecule has 0 atom stereocenters. The molecule has 0 N–H and O–H groups in total. The molecule has 0 fully saturated rings. The van der Waals surface area contributed by atoms with Gasteiger partial charge in [-0.15, -0.1) is 0 Å². The zero-order chi connectivity index (χ0) is 11.2. The van der Waals surface area contributed by atoms with E-state index in [2.05, 4.69) is 30.1 Å². The average molecular weight is 213 g/mol. The maximum atomic E-state index is 5.68. The number of ether oxygens (including phenoxy) is 1. The molecular weight excluding hydrogens is 198 g/mol. The third-order valence-electron chi connectivity index (χ3n) is 2.38. The summed E-state index contributed by atoms with van der Waals surface area (Å²) in [5.41, 5.74) is 2.22. The molecule has 0 radical (unpaired) electrons. The lowest BCUT2D eigenvalue weighted by atomic mass is 10.2. The van der Waals surface area contributed by atoms with Crippen molar-refractivity contribution in [2.24, 2.45) is 0 Å². The molecule has 82 valence electrons. The average Bonchev–Trinajstić information content (AvgIpc) is 2.53. The van der Waals surface area contributed by atoms with Gasteiger partial charge in [-0.05, 0) is 37.6 Å². The molecule has 0 aromatic carbocycles. The molecule has 0 aliphatic heterocycles. The van der Waals surface area contributed by atoms with Gasteiger partial charge in [0.1, 0.15) is 12.4 Å². The zero-order valence-corrected chi connectivity index (χ0v) is 9.39. The highest BCUT2D eigenvalue weighted by molar-refractivity contribution is 5.28. The van der Waals surface area contributed by atoms with Crippen molar-refractivity contribution in [3.05, 3.63) is 65.7 Å². The van der Waals surface area contributed by atoms with Crippen LogP contribution in [0.1, 0.15) is 19.0 Å². The fourth-order valence-electron chi connectivity index (χ4n) is 1.46. The quantitative estimate of drug-likeness (QED) is 0.767. The molecule has 0 bridgehead atoms. The van der Waals surface area contributed by atoms with E-state index < -0.39 is 0 Å².